The van der Waals surface area contributed by atoms with E-state index in [1.807, 2.05) is 6.08 Å². The van der Waals surface area contributed by atoms with Crippen molar-refractivity contribution in [2.75, 3.05) is 0 Å². The van der Waals surface area contributed by atoms with Gasteiger partial charge in [0.25, 0.3) is 0 Å². The monoisotopic (exact) mass is 272 g/mol. The number of hydrogen-bond acceptors (Lipinski definition) is 3. The summed E-state index contributed by atoms with van der Waals surface area (Å²) in [5, 5.41) is 8.70. The average Bonchev–Trinajstić information content (AvgIpc) is 2.81. The van der Waals surface area contributed by atoms with Crippen LogP contribution in [0.3, 0.4) is 0 Å². The Kier molecular flexibility index (Phi) is 2.78. The second kappa shape index (κ2) is 4.42. The molecule has 4 aliphatic rings. The van der Waals surface area contributed by atoms with Gasteiger partial charge in [-0.05, 0) is 56.3 Å². The van der Waals surface area contributed by atoms with Crippen molar-refractivity contribution in [2.24, 2.45) is 23.5 Å². The molecule has 1 aromatic rings. The molecule has 4 fully saturated rings. The lowest BCUT2D eigenvalue weighted by Gasteiger charge is -2.56. The van der Waals surface area contributed by atoms with Crippen molar-refractivity contribution in [3.05, 3.63) is 24.0 Å². The molecule has 0 spiro atoms. The zero-order chi connectivity index (χ0) is 13.7. The maximum atomic E-state index is 5.94. The molecule has 4 nitrogen and oxygen atoms in total. The normalized spacial score (nSPS) is 38.4. The van der Waals surface area contributed by atoms with Gasteiger partial charge in [-0.2, -0.15) is 0 Å². The molecule has 0 aliphatic heterocycles. The van der Waals surface area contributed by atoms with Crippen LogP contribution in [0.4, 0.5) is 0 Å². The Hall–Kier alpha value is -1.16. The Morgan fingerprint density at radius 1 is 1.20 bits per heavy atom. The summed E-state index contributed by atoms with van der Waals surface area (Å²) in [5.41, 5.74) is 8.62. The maximum absolute atomic E-state index is 5.94. The van der Waals surface area contributed by atoms with Crippen LogP contribution in [0.25, 0.3) is 0 Å². The van der Waals surface area contributed by atoms with E-state index < -0.39 is 0 Å². The molecule has 108 valence electrons. The highest BCUT2D eigenvalue weighted by molar-refractivity contribution is 5.27. The first-order valence-corrected chi connectivity index (χ1v) is 7.98. The summed E-state index contributed by atoms with van der Waals surface area (Å²) in [6.07, 6.45) is 10.3. The Bertz CT molecular complexity index is 495. The molecule has 0 saturated heterocycles. The first kappa shape index (κ1) is 12.6. The third-order valence-corrected chi connectivity index (χ3v) is 5.84. The topological polar surface area (TPSA) is 56.7 Å². The van der Waals surface area contributed by atoms with Crippen LogP contribution in [0, 0.1) is 17.8 Å². The predicted molar refractivity (Wildman–Crippen MR) is 78.0 cm³/mol. The van der Waals surface area contributed by atoms with Crippen LogP contribution in [0.2, 0.25) is 0 Å². The molecule has 0 radical (unpaired) electrons. The lowest BCUT2D eigenvalue weighted by atomic mass is 9.48. The summed E-state index contributed by atoms with van der Waals surface area (Å²) in [6.45, 7) is 5.12. The maximum Gasteiger partial charge on any atom is 0.100 e. The first-order valence-electron chi connectivity index (χ1n) is 7.98. The van der Waals surface area contributed by atoms with Crippen LogP contribution < -0.4 is 5.73 Å². The van der Waals surface area contributed by atoms with Crippen molar-refractivity contribution in [1.29, 1.82) is 0 Å². The van der Waals surface area contributed by atoms with E-state index in [1.165, 1.54) is 44.2 Å². The van der Waals surface area contributed by atoms with Gasteiger partial charge in [0, 0.05) is 12.0 Å². The number of nitrogens with zero attached hydrogens (tertiary/aromatic N) is 3. The third kappa shape index (κ3) is 1.70. The van der Waals surface area contributed by atoms with Crippen molar-refractivity contribution in [3.63, 3.8) is 0 Å². The van der Waals surface area contributed by atoms with E-state index in [-0.39, 0.29) is 0 Å². The van der Waals surface area contributed by atoms with E-state index in [9.17, 15) is 0 Å². The Labute approximate surface area is 120 Å². The molecule has 0 unspecified atom stereocenters. The zero-order valence-corrected chi connectivity index (χ0v) is 12.1. The highest BCUT2D eigenvalue weighted by Crippen LogP contribution is 2.60. The summed E-state index contributed by atoms with van der Waals surface area (Å²) in [6, 6.07) is 0. The van der Waals surface area contributed by atoms with Crippen molar-refractivity contribution in [3.8, 4) is 0 Å². The highest BCUT2D eigenvalue weighted by atomic mass is 15.4. The second-order valence-electron chi connectivity index (χ2n) is 7.26. The van der Waals surface area contributed by atoms with Crippen LogP contribution in [-0.4, -0.2) is 15.0 Å². The minimum atomic E-state index is 0.315. The van der Waals surface area contributed by atoms with Gasteiger partial charge in [0.05, 0.1) is 12.2 Å². The predicted octanol–water partition coefficient (Wildman–Crippen LogP) is 2.39. The molecule has 5 rings (SSSR count). The van der Waals surface area contributed by atoms with E-state index in [2.05, 4.69) is 21.6 Å². The molecular formula is C16H24N4. The number of allylic oxidation sites excluding steroid dienone is 1. The van der Waals surface area contributed by atoms with Crippen LogP contribution in [0.5, 0.6) is 0 Å². The smallest absolute Gasteiger partial charge is 0.100 e. The van der Waals surface area contributed by atoms with Crippen LogP contribution in [0.15, 0.2) is 12.7 Å². The van der Waals surface area contributed by atoms with Gasteiger partial charge in [-0.1, -0.05) is 11.3 Å². The first-order chi connectivity index (χ1) is 9.74. The molecule has 4 heteroatoms. The number of nitrogens with two attached hydrogens (primary N) is 1. The third-order valence-electron chi connectivity index (χ3n) is 5.84. The summed E-state index contributed by atoms with van der Waals surface area (Å²) >= 11 is 0. The molecule has 2 N–H and O–H groups in total. The lowest BCUT2D eigenvalue weighted by molar-refractivity contribution is -0.00952. The molecule has 0 amide bonds. The Balaban J connectivity index is 1.79. The van der Waals surface area contributed by atoms with E-state index >= 15 is 0 Å². The fraction of sp³-hybridized carbons (Fsp3) is 0.750. The van der Waals surface area contributed by atoms with Gasteiger partial charge >= 0.3 is 0 Å². The van der Waals surface area contributed by atoms with Crippen molar-refractivity contribution in [2.45, 2.75) is 57.0 Å². The van der Waals surface area contributed by atoms with Gasteiger partial charge in [-0.15, -0.1) is 11.7 Å². The van der Waals surface area contributed by atoms with Crippen LogP contribution >= 0.6 is 0 Å². The van der Waals surface area contributed by atoms with E-state index in [1.54, 1.807) is 0 Å². The minimum Gasteiger partial charge on any atom is -0.325 e. The fourth-order valence-corrected chi connectivity index (χ4v) is 5.72. The molecule has 0 atom stereocenters. The number of aromatic nitrogens is 3. The standard InChI is InChI=1S/C16H24N4/c1-2-3-20-15(14(10-17)18-19-20)16-7-11-4-12(8-16)6-13(5-11)9-16/h2,11-13H,1,3-10,17H2. The van der Waals surface area contributed by atoms with Crippen molar-refractivity contribution in [1.82, 2.24) is 15.0 Å². The molecule has 4 saturated carbocycles. The fourth-order valence-electron chi connectivity index (χ4n) is 5.72. The summed E-state index contributed by atoms with van der Waals surface area (Å²) in [4.78, 5) is 0. The van der Waals surface area contributed by atoms with Gasteiger partial charge in [-0.3, -0.25) is 0 Å². The Morgan fingerprint density at radius 3 is 2.30 bits per heavy atom. The van der Waals surface area contributed by atoms with Crippen LogP contribution in [0.1, 0.15) is 49.9 Å². The number of hydrogen-bond donors (Lipinski definition) is 1. The summed E-state index contributed by atoms with van der Waals surface area (Å²) in [5.74, 6) is 2.79. The van der Waals surface area contributed by atoms with Crippen molar-refractivity contribution >= 4 is 0 Å². The van der Waals surface area contributed by atoms with Crippen molar-refractivity contribution < 1.29 is 0 Å². The largest absolute Gasteiger partial charge is 0.325 e. The van der Waals surface area contributed by atoms with Crippen LogP contribution in [-0.2, 0) is 18.5 Å². The van der Waals surface area contributed by atoms with Gasteiger partial charge in [0.15, 0.2) is 0 Å². The van der Waals surface area contributed by atoms with Gasteiger partial charge < -0.3 is 5.73 Å². The molecule has 4 aliphatic carbocycles. The highest BCUT2D eigenvalue weighted by Gasteiger charge is 2.53. The van der Waals surface area contributed by atoms with Gasteiger partial charge in [0.1, 0.15) is 5.69 Å². The lowest BCUT2D eigenvalue weighted by Crippen LogP contribution is -2.50. The molecule has 0 aromatic carbocycles. The molecule has 1 heterocycles. The van der Waals surface area contributed by atoms with E-state index in [4.69, 9.17) is 5.73 Å². The molecule has 4 bridgehead atoms. The van der Waals surface area contributed by atoms with Gasteiger partial charge in [0.2, 0.25) is 0 Å². The molecular weight excluding hydrogens is 248 g/mol. The average molecular weight is 272 g/mol. The quantitative estimate of drug-likeness (QED) is 0.856. The number of rotatable bonds is 4. The Morgan fingerprint density at radius 2 is 1.80 bits per heavy atom. The van der Waals surface area contributed by atoms with E-state index in [0.29, 0.717) is 12.0 Å². The summed E-state index contributed by atoms with van der Waals surface area (Å²) < 4.78 is 2.07. The molecule has 20 heavy (non-hydrogen) atoms. The van der Waals surface area contributed by atoms with E-state index in [0.717, 1.165) is 30.0 Å². The van der Waals surface area contributed by atoms with Gasteiger partial charge in [-0.25, -0.2) is 4.68 Å². The minimum absolute atomic E-state index is 0.315. The SMILES string of the molecule is C=CCn1nnc(CN)c1C12CC3CC(CC(C3)C1)C2. The molecule has 1 aromatic heterocycles. The summed E-state index contributed by atoms with van der Waals surface area (Å²) in [7, 11) is 0. The second-order valence-corrected chi connectivity index (χ2v) is 7.26. The zero-order valence-electron chi connectivity index (χ0n) is 12.1.